The van der Waals surface area contributed by atoms with E-state index in [4.69, 9.17) is 32.7 Å². The van der Waals surface area contributed by atoms with Gasteiger partial charge in [-0.2, -0.15) is 0 Å². The molecule has 1 fully saturated rings. The number of halogens is 3. The smallest absolute Gasteiger partial charge is 0.335 e. The monoisotopic (exact) mass is 679 g/mol. The third kappa shape index (κ3) is 6.52. The summed E-state index contributed by atoms with van der Waals surface area (Å²) in [6.45, 7) is 1.49. The summed E-state index contributed by atoms with van der Waals surface area (Å²) in [4.78, 5) is 51.5. The van der Waals surface area contributed by atoms with Crippen molar-refractivity contribution >= 4 is 87.0 Å². The Balaban J connectivity index is 1.56. The maximum absolute atomic E-state index is 13.2. The van der Waals surface area contributed by atoms with E-state index in [0.29, 0.717) is 30.6 Å². The lowest BCUT2D eigenvalue weighted by Crippen LogP contribution is -2.54. The minimum absolute atomic E-state index is 0.222. The Morgan fingerprint density at radius 1 is 1.08 bits per heavy atom. The topological polar surface area (TPSA) is 114 Å². The molecular weight excluding hydrogens is 660 g/mol. The second kappa shape index (κ2) is 12.1. The number of ether oxygens (including phenoxy) is 2. The molecule has 4 rings (SSSR count). The first-order chi connectivity index (χ1) is 18.6. The first-order valence-electron chi connectivity index (χ1n) is 11.3. The summed E-state index contributed by atoms with van der Waals surface area (Å²) >= 11 is 14.0. The number of nitrogens with zero attached hydrogens (tertiary/aromatic N) is 1. The second-order valence-electron chi connectivity index (χ2n) is 8.27. The van der Waals surface area contributed by atoms with Gasteiger partial charge >= 0.3 is 6.03 Å². The molecule has 0 bridgehead atoms. The molecule has 0 spiro atoms. The van der Waals surface area contributed by atoms with Crippen LogP contribution in [0.5, 0.6) is 11.5 Å². The fourth-order valence-corrected chi connectivity index (χ4v) is 4.69. The molecule has 1 aliphatic rings. The molecular formula is C27H20Cl2IN3O6. The number of anilines is 2. The van der Waals surface area contributed by atoms with E-state index in [-0.39, 0.29) is 23.6 Å². The summed E-state index contributed by atoms with van der Waals surface area (Å²) in [6, 6.07) is 13.7. The van der Waals surface area contributed by atoms with E-state index in [9.17, 15) is 19.2 Å². The summed E-state index contributed by atoms with van der Waals surface area (Å²) < 4.78 is 11.7. The van der Waals surface area contributed by atoms with Gasteiger partial charge in [0.05, 0.1) is 16.4 Å². The quantitative estimate of drug-likeness (QED) is 0.191. The van der Waals surface area contributed by atoms with E-state index < -0.39 is 23.8 Å². The van der Waals surface area contributed by atoms with Crippen LogP contribution in [0.1, 0.15) is 11.1 Å². The van der Waals surface area contributed by atoms with Crippen LogP contribution in [0.25, 0.3) is 6.08 Å². The van der Waals surface area contributed by atoms with Gasteiger partial charge in [-0.3, -0.25) is 19.7 Å². The summed E-state index contributed by atoms with van der Waals surface area (Å²) in [5.74, 6) is -1.47. The molecule has 0 unspecified atom stereocenters. The first kappa shape index (κ1) is 28.4. The Labute approximate surface area is 247 Å². The Hall–Kier alpha value is -3.61. The molecule has 0 aromatic heterocycles. The molecule has 1 saturated heterocycles. The highest BCUT2D eigenvalue weighted by Gasteiger charge is 2.37. The largest absolute Gasteiger partial charge is 0.493 e. The predicted molar refractivity (Wildman–Crippen MR) is 156 cm³/mol. The van der Waals surface area contributed by atoms with Crippen molar-refractivity contribution in [1.29, 1.82) is 0 Å². The van der Waals surface area contributed by atoms with Crippen molar-refractivity contribution < 1.29 is 28.7 Å². The Bertz CT molecular complexity index is 1520. The van der Waals surface area contributed by atoms with E-state index in [1.165, 1.54) is 19.3 Å². The van der Waals surface area contributed by atoms with Crippen LogP contribution in [-0.4, -0.2) is 37.5 Å². The molecule has 1 heterocycles. The fourth-order valence-electron chi connectivity index (χ4n) is 3.61. The number of barbiturate groups is 1. The van der Waals surface area contributed by atoms with Crippen LogP contribution in [-0.2, 0) is 14.4 Å². The van der Waals surface area contributed by atoms with Crippen molar-refractivity contribution in [3.05, 3.63) is 84.9 Å². The SMILES string of the molecule is COc1cc(/C=C2\C(=O)NC(=O)N(c3ccc(C)c(Cl)c3)C2=O)cc(I)c1OCC(=O)Nc1ccc(Cl)cc1. The number of urea groups is 1. The summed E-state index contributed by atoms with van der Waals surface area (Å²) in [5, 5.41) is 5.79. The lowest BCUT2D eigenvalue weighted by Gasteiger charge is -2.26. The van der Waals surface area contributed by atoms with Crippen LogP contribution < -0.4 is 25.0 Å². The van der Waals surface area contributed by atoms with E-state index in [1.807, 2.05) is 22.6 Å². The molecule has 1 aliphatic heterocycles. The third-order valence-electron chi connectivity index (χ3n) is 5.55. The van der Waals surface area contributed by atoms with Crippen LogP contribution >= 0.6 is 45.8 Å². The maximum atomic E-state index is 13.2. The molecule has 39 heavy (non-hydrogen) atoms. The Kier molecular flexibility index (Phi) is 8.78. The average molecular weight is 680 g/mol. The van der Waals surface area contributed by atoms with E-state index >= 15 is 0 Å². The maximum Gasteiger partial charge on any atom is 0.335 e. The van der Waals surface area contributed by atoms with Gasteiger partial charge in [-0.15, -0.1) is 0 Å². The summed E-state index contributed by atoms with van der Waals surface area (Å²) in [5.41, 5.74) is 1.72. The van der Waals surface area contributed by atoms with Gasteiger partial charge in [-0.25, -0.2) is 9.69 Å². The highest BCUT2D eigenvalue weighted by molar-refractivity contribution is 14.1. The highest BCUT2D eigenvalue weighted by atomic mass is 127. The number of rotatable bonds is 7. The molecule has 200 valence electrons. The van der Waals surface area contributed by atoms with Gasteiger partial charge in [-0.1, -0.05) is 29.3 Å². The molecule has 0 aliphatic carbocycles. The zero-order chi connectivity index (χ0) is 28.3. The molecule has 3 aromatic carbocycles. The van der Waals surface area contributed by atoms with Crippen LogP contribution in [0.15, 0.2) is 60.2 Å². The lowest BCUT2D eigenvalue weighted by atomic mass is 10.1. The third-order valence-corrected chi connectivity index (χ3v) is 7.01. The van der Waals surface area contributed by atoms with Gasteiger partial charge in [0.15, 0.2) is 18.1 Å². The number of amides is 5. The number of hydrogen-bond donors (Lipinski definition) is 2. The zero-order valence-electron chi connectivity index (χ0n) is 20.5. The zero-order valence-corrected chi connectivity index (χ0v) is 24.2. The molecule has 9 nitrogen and oxygen atoms in total. The van der Waals surface area contributed by atoms with Crippen molar-refractivity contribution in [3.8, 4) is 11.5 Å². The number of hydrogen-bond acceptors (Lipinski definition) is 6. The summed E-state index contributed by atoms with van der Waals surface area (Å²) in [6.07, 6.45) is 1.34. The minimum Gasteiger partial charge on any atom is -0.493 e. The minimum atomic E-state index is -0.880. The first-order valence-corrected chi connectivity index (χ1v) is 13.1. The van der Waals surface area contributed by atoms with Crippen molar-refractivity contribution in [2.75, 3.05) is 23.9 Å². The molecule has 0 saturated carbocycles. The molecule has 5 amide bonds. The Morgan fingerprint density at radius 3 is 2.46 bits per heavy atom. The van der Waals surface area contributed by atoms with Crippen molar-refractivity contribution in [1.82, 2.24) is 5.32 Å². The fraction of sp³-hybridized carbons (Fsp3) is 0.111. The van der Waals surface area contributed by atoms with Gasteiger partial charge in [0, 0.05) is 15.7 Å². The highest BCUT2D eigenvalue weighted by Crippen LogP contribution is 2.35. The normalized spacial score (nSPS) is 14.3. The number of methoxy groups -OCH3 is 1. The summed E-state index contributed by atoms with van der Waals surface area (Å²) in [7, 11) is 1.42. The van der Waals surface area contributed by atoms with Crippen LogP contribution in [0, 0.1) is 10.5 Å². The standard InChI is InChI=1S/C27H20Cl2IN3O6/c1-14-3-8-18(12-20(14)29)33-26(36)19(25(35)32-27(33)37)9-15-10-21(30)24(22(11-15)38-2)39-13-23(34)31-17-6-4-16(28)5-7-17/h3-12H,13H2,1-2H3,(H,31,34)(H,32,35,37)/b19-9+. The van der Waals surface area contributed by atoms with Crippen molar-refractivity contribution in [3.63, 3.8) is 0 Å². The van der Waals surface area contributed by atoms with Gasteiger partial charge in [0.1, 0.15) is 5.57 Å². The second-order valence-corrected chi connectivity index (χ2v) is 10.3. The average Bonchev–Trinajstić information content (AvgIpc) is 2.89. The van der Waals surface area contributed by atoms with Crippen molar-refractivity contribution in [2.45, 2.75) is 6.92 Å². The van der Waals surface area contributed by atoms with Crippen LogP contribution in [0.3, 0.4) is 0 Å². The number of aryl methyl sites for hydroxylation is 1. The van der Waals surface area contributed by atoms with Gasteiger partial charge in [0.2, 0.25) is 0 Å². The molecule has 2 N–H and O–H groups in total. The Morgan fingerprint density at radius 2 is 1.79 bits per heavy atom. The van der Waals surface area contributed by atoms with Crippen molar-refractivity contribution in [2.24, 2.45) is 0 Å². The van der Waals surface area contributed by atoms with Crippen LogP contribution in [0.4, 0.5) is 16.2 Å². The number of nitrogens with one attached hydrogen (secondary N) is 2. The van der Waals surface area contributed by atoms with Gasteiger partial charge < -0.3 is 14.8 Å². The molecule has 12 heteroatoms. The van der Waals surface area contributed by atoms with Gasteiger partial charge in [0.25, 0.3) is 17.7 Å². The lowest BCUT2D eigenvalue weighted by molar-refractivity contribution is -0.122. The van der Waals surface area contributed by atoms with Crippen LogP contribution in [0.2, 0.25) is 10.0 Å². The molecule has 3 aromatic rings. The van der Waals surface area contributed by atoms with E-state index in [1.54, 1.807) is 55.5 Å². The number of carbonyl (C=O) groups is 4. The number of carbonyl (C=O) groups excluding carboxylic acids is 4. The molecule has 0 atom stereocenters. The van der Waals surface area contributed by atoms with Gasteiger partial charge in [-0.05, 0) is 95.2 Å². The van der Waals surface area contributed by atoms with E-state index in [0.717, 1.165) is 10.5 Å². The van der Waals surface area contributed by atoms with E-state index in [2.05, 4.69) is 10.6 Å². The molecule has 0 radical (unpaired) electrons. The predicted octanol–water partition coefficient (Wildman–Crippen LogP) is 5.60. The number of benzene rings is 3. The number of imide groups is 2.